The Kier molecular flexibility index (Phi) is 5.75. The molecule has 6 heteroatoms. The summed E-state index contributed by atoms with van der Waals surface area (Å²) in [6.45, 7) is 2.47. The molecule has 0 radical (unpaired) electrons. The van der Waals surface area contributed by atoms with Gasteiger partial charge in [0.2, 0.25) is 10.0 Å². The van der Waals surface area contributed by atoms with Crippen LogP contribution in [0.5, 0.6) is 0 Å². The van der Waals surface area contributed by atoms with Crippen molar-refractivity contribution in [2.24, 2.45) is 5.73 Å². The average molecular weight is 376 g/mol. The predicted octanol–water partition coefficient (Wildman–Crippen LogP) is 3.77. The van der Waals surface area contributed by atoms with Crippen LogP contribution in [-0.2, 0) is 10.0 Å². The van der Waals surface area contributed by atoms with Crippen molar-refractivity contribution in [2.75, 3.05) is 6.54 Å². The number of sulfonamides is 1. The molecular formula is C20H25FN2O2S. The lowest BCUT2D eigenvalue weighted by atomic mass is 10.1. The van der Waals surface area contributed by atoms with E-state index >= 15 is 0 Å². The van der Waals surface area contributed by atoms with Crippen LogP contribution in [0.25, 0.3) is 0 Å². The molecule has 1 heterocycles. The van der Waals surface area contributed by atoms with E-state index in [2.05, 4.69) is 0 Å². The molecule has 1 aliphatic heterocycles. The van der Waals surface area contributed by atoms with Crippen LogP contribution in [0.3, 0.4) is 0 Å². The number of aryl methyl sites for hydroxylation is 1. The maximum absolute atomic E-state index is 13.4. The standard InChI is InChI=1S/C20H25FN2O2S/c1-15-4-11-19(12-5-15)26(24,25)23-18(3-2-14-22)10-13-20(23)16-6-8-17(21)9-7-16/h4-9,11-12,18,20H,2-3,10,13-14,22H2,1H3. The monoisotopic (exact) mass is 376 g/mol. The second-order valence-corrected chi connectivity index (χ2v) is 8.72. The molecule has 2 aromatic rings. The first-order chi connectivity index (χ1) is 12.4. The van der Waals surface area contributed by atoms with Gasteiger partial charge in [0.1, 0.15) is 5.82 Å². The Hall–Kier alpha value is -1.76. The van der Waals surface area contributed by atoms with Crippen LogP contribution >= 0.6 is 0 Å². The Bertz CT molecular complexity index is 835. The minimum atomic E-state index is -3.64. The van der Waals surface area contributed by atoms with Crippen molar-refractivity contribution < 1.29 is 12.8 Å². The summed E-state index contributed by atoms with van der Waals surface area (Å²) in [6.07, 6.45) is 3.03. The van der Waals surface area contributed by atoms with Gasteiger partial charge in [-0.25, -0.2) is 12.8 Å². The highest BCUT2D eigenvalue weighted by molar-refractivity contribution is 7.89. The molecule has 2 atom stereocenters. The molecule has 0 saturated carbocycles. The molecule has 2 unspecified atom stereocenters. The quantitative estimate of drug-likeness (QED) is 0.835. The lowest BCUT2D eigenvalue weighted by molar-refractivity contribution is 0.310. The first-order valence-corrected chi connectivity index (χ1v) is 10.4. The lowest BCUT2D eigenvalue weighted by Crippen LogP contribution is -2.37. The van der Waals surface area contributed by atoms with Gasteiger partial charge in [0, 0.05) is 6.04 Å². The Balaban J connectivity index is 2.00. The third-order valence-corrected chi connectivity index (χ3v) is 7.01. The van der Waals surface area contributed by atoms with Gasteiger partial charge < -0.3 is 5.73 Å². The van der Waals surface area contributed by atoms with E-state index in [9.17, 15) is 12.8 Å². The number of rotatable bonds is 6. The van der Waals surface area contributed by atoms with Crippen molar-refractivity contribution in [1.82, 2.24) is 4.31 Å². The third-order valence-electron chi connectivity index (χ3n) is 5.03. The second-order valence-electron chi connectivity index (χ2n) is 6.88. The van der Waals surface area contributed by atoms with Gasteiger partial charge in [-0.05, 0) is 69.0 Å². The summed E-state index contributed by atoms with van der Waals surface area (Å²) in [5.74, 6) is -0.320. The van der Waals surface area contributed by atoms with Crippen LogP contribution in [0, 0.1) is 12.7 Å². The second kappa shape index (κ2) is 7.86. The van der Waals surface area contributed by atoms with Crippen molar-refractivity contribution in [3.05, 3.63) is 65.5 Å². The van der Waals surface area contributed by atoms with Crippen LogP contribution < -0.4 is 5.73 Å². The largest absolute Gasteiger partial charge is 0.330 e. The first kappa shape index (κ1) is 19.0. The van der Waals surface area contributed by atoms with Gasteiger partial charge in [0.15, 0.2) is 0 Å². The van der Waals surface area contributed by atoms with E-state index in [-0.39, 0.29) is 17.9 Å². The fourth-order valence-electron chi connectivity index (χ4n) is 3.68. The van der Waals surface area contributed by atoms with Crippen LogP contribution in [-0.4, -0.2) is 25.3 Å². The van der Waals surface area contributed by atoms with Crippen LogP contribution in [0.1, 0.15) is 42.9 Å². The Morgan fingerprint density at radius 1 is 1.08 bits per heavy atom. The molecular weight excluding hydrogens is 351 g/mol. The smallest absolute Gasteiger partial charge is 0.243 e. The molecule has 140 valence electrons. The number of hydrogen-bond acceptors (Lipinski definition) is 3. The molecule has 2 aromatic carbocycles. The van der Waals surface area contributed by atoms with E-state index in [4.69, 9.17) is 5.73 Å². The summed E-state index contributed by atoms with van der Waals surface area (Å²) in [4.78, 5) is 0.301. The van der Waals surface area contributed by atoms with Crippen molar-refractivity contribution >= 4 is 10.0 Å². The summed E-state index contributed by atoms with van der Waals surface area (Å²) in [7, 11) is -3.64. The average Bonchev–Trinajstić information content (AvgIpc) is 3.05. The number of hydrogen-bond donors (Lipinski definition) is 1. The first-order valence-electron chi connectivity index (χ1n) is 8.99. The predicted molar refractivity (Wildman–Crippen MR) is 101 cm³/mol. The summed E-state index contributed by atoms with van der Waals surface area (Å²) in [5.41, 5.74) is 7.49. The highest BCUT2D eigenvalue weighted by atomic mass is 32.2. The Morgan fingerprint density at radius 2 is 1.73 bits per heavy atom. The van der Waals surface area contributed by atoms with Gasteiger partial charge >= 0.3 is 0 Å². The molecule has 0 spiro atoms. The minimum Gasteiger partial charge on any atom is -0.330 e. The number of halogens is 1. The molecule has 3 rings (SSSR count). The summed E-state index contributed by atoms with van der Waals surface area (Å²) >= 11 is 0. The molecule has 1 aliphatic rings. The summed E-state index contributed by atoms with van der Waals surface area (Å²) in [5, 5.41) is 0. The zero-order valence-electron chi connectivity index (χ0n) is 14.9. The van der Waals surface area contributed by atoms with Gasteiger partial charge in [-0.3, -0.25) is 0 Å². The third kappa shape index (κ3) is 3.82. The Morgan fingerprint density at radius 3 is 2.35 bits per heavy atom. The topological polar surface area (TPSA) is 63.4 Å². The molecule has 1 saturated heterocycles. The molecule has 0 amide bonds. The van der Waals surface area contributed by atoms with Gasteiger partial charge in [-0.1, -0.05) is 29.8 Å². The van der Waals surface area contributed by atoms with E-state index in [1.807, 2.05) is 19.1 Å². The fraction of sp³-hybridized carbons (Fsp3) is 0.400. The summed E-state index contributed by atoms with van der Waals surface area (Å²) < 4.78 is 41.7. The van der Waals surface area contributed by atoms with E-state index in [0.717, 1.165) is 36.8 Å². The highest BCUT2D eigenvalue weighted by Crippen LogP contribution is 2.41. The van der Waals surface area contributed by atoms with Gasteiger partial charge in [0.25, 0.3) is 0 Å². The minimum absolute atomic E-state index is 0.0834. The molecule has 0 bridgehead atoms. The van der Waals surface area contributed by atoms with Crippen molar-refractivity contribution in [1.29, 1.82) is 0 Å². The van der Waals surface area contributed by atoms with E-state index in [1.165, 1.54) is 12.1 Å². The normalized spacial score (nSPS) is 21.2. The van der Waals surface area contributed by atoms with E-state index in [0.29, 0.717) is 11.4 Å². The number of benzene rings is 2. The molecule has 4 nitrogen and oxygen atoms in total. The lowest BCUT2D eigenvalue weighted by Gasteiger charge is -2.30. The zero-order chi connectivity index (χ0) is 18.7. The SMILES string of the molecule is Cc1ccc(S(=O)(=O)N2C(CCCN)CCC2c2ccc(F)cc2)cc1. The van der Waals surface area contributed by atoms with Crippen LogP contribution in [0.15, 0.2) is 53.4 Å². The van der Waals surface area contributed by atoms with Crippen molar-refractivity contribution in [2.45, 2.75) is 49.6 Å². The number of nitrogens with zero attached hydrogens (tertiary/aromatic N) is 1. The van der Waals surface area contributed by atoms with E-state index < -0.39 is 10.0 Å². The maximum Gasteiger partial charge on any atom is 0.243 e. The molecule has 1 fully saturated rings. The fourth-order valence-corrected chi connectivity index (χ4v) is 5.57. The maximum atomic E-state index is 13.4. The number of nitrogens with two attached hydrogens (primary N) is 1. The molecule has 2 N–H and O–H groups in total. The molecule has 26 heavy (non-hydrogen) atoms. The van der Waals surface area contributed by atoms with E-state index in [1.54, 1.807) is 28.6 Å². The Labute approximate surface area is 154 Å². The van der Waals surface area contributed by atoms with Gasteiger partial charge in [0.05, 0.1) is 10.9 Å². The van der Waals surface area contributed by atoms with Crippen molar-refractivity contribution in [3.63, 3.8) is 0 Å². The van der Waals surface area contributed by atoms with Crippen LogP contribution in [0.2, 0.25) is 0 Å². The summed E-state index contributed by atoms with van der Waals surface area (Å²) in [6, 6.07) is 12.7. The van der Waals surface area contributed by atoms with Crippen molar-refractivity contribution in [3.8, 4) is 0 Å². The zero-order valence-corrected chi connectivity index (χ0v) is 15.8. The molecule has 0 aliphatic carbocycles. The van der Waals surface area contributed by atoms with Gasteiger partial charge in [-0.2, -0.15) is 4.31 Å². The van der Waals surface area contributed by atoms with Crippen LogP contribution in [0.4, 0.5) is 4.39 Å². The molecule has 0 aromatic heterocycles. The van der Waals surface area contributed by atoms with Gasteiger partial charge in [-0.15, -0.1) is 0 Å². The highest BCUT2D eigenvalue weighted by Gasteiger charge is 2.42.